The lowest BCUT2D eigenvalue weighted by Gasteiger charge is -2.13. The molecule has 4 nitrogen and oxygen atoms in total. The molecule has 1 heterocycles. The Labute approximate surface area is 117 Å². The predicted molar refractivity (Wildman–Crippen MR) is 73.7 cm³/mol. The topological polar surface area (TPSA) is 55.4 Å². The molecular weight excluding hydrogens is 305 g/mol. The van der Waals surface area contributed by atoms with Crippen LogP contribution < -0.4 is 5.32 Å². The van der Waals surface area contributed by atoms with Crippen molar-refractivity contribution in [2.24, 2.45) is 5.92 Å². The van der Waals surface area contributed by atoms with E-state index in [-0.39, 0.29) is 34.6 Å². The molecule has 1 N–H and O–H groups in total. The van der Waals surface area contributed by atoms with Gasteiger partial charge in [0.05, 0.1) is 16.9 Å². The zero-order valence-corrected chi connectivity index (χ0v) is 12.3. The van der Waals surface area contributed by atoms with E-state index in [1.165, 1.54) is 0 Å². The maximum atomic E-state index is 11.2. The molecule has 0 aliphatic carbocycles. The second-order valence-corrected chi connectivity index (χ2v) is 7.53. The molecule has 0 amide bonds. The smallest absolute Gasteiger partial charge is 0.256 e. The van der Waals surface area contributed by atoms with Crippen LogP contribution in [0.4, 0.5) is 0 Å². The van der Waals surface area contributed by atoms with Crippen LogP contribution in [-0.2, 0) is 14.6 Å². The fourth-order valence-corrected chi connectivity index (χ4v) is 3.69. The number of hydrogen-bond acceptors (Lipinski definition) is 4. The Bertz CT molecular complexity index is 361. The van der Waals surface area contributed by atoms with Crippen LogP contribution in [0.25, 0.3) is 0 Å². The molecule has 0 bridgehead atoms. The summed E-state index contributed by atoms with van der Waals surface area (Å²) in [6.07, 6.45) is 0.678. The minimum Gasteiger partial charge on any atom is -0.469 e. The fraction of sp³-hybridized carbons (Fsp3) is 0.889. The van der Waals surface area contributed by atoms with Gasteiger partial charge in [0.25, 0.3) is 5.17 Å². The summed E-state index contributed by atoms with van der Waals surface area (Å²) in [4.78, 5) is 0. The van der Waals surface area contributed by atoms with E-state index in [9.17, 15) is 8.42 Å². The van der Waals surface area contributed by atoms with Crippen LogP contribution in [0.5, 0.6) is 0 Å². The minimum absolute atomic E-state index is 0.112. The Morgan fingerprint density at radius 3 is 2.82 bits per heavy atom. The largest absolute Gasteiger partial charge is 0.469 e. The van der Waals surface area contributed by atoms with E-state index < -0.39 is 9.84 Å². The predicted octanol–water partition coefficient (Wildman–Crippen LogP) is 1.16. The third-order valence-electron chi connectivity index (χ3n) is 2.42. The highest BCUT2D eigenvalue weighted by atomic mass is 35.5. The van der Waals surface area contributed by atoms with Crippen LogP contribution in [0.3, 0.4) is 0 Å². The van der Waals surface area contributed by atoms with Crippen LogP contribution in [0, 0.1) is 5.92 Å². The number of thiocarbonyl (C=S) groups is 1. The van der Waals surface area contributed by atoms with Gasteiger partial charge in [0, 0.05) is 12.4 Å². The van der Waals surface area contributed by atoms with Crippen molar-refractivity contribution in [1.29, 1.82) is 0 Å². The molecule has 0 radical (unpaired) electrons. The third kappa shape index (κ3) is 6.08. The van der Waals surface area contributed by atoms with Crippen molar-refractivity contribution in [2.75, 3.05) is 30.5 Å². The molecular formula is C9H15Cl2NO3S2. The molecule has 1 saturated heterocycles. The van der Waals surface area contributed by atoms with E-state index in [4.69, 9.17) is 40.2 Å². The molecule has 0 spiro atoms. The molecule has 0 saturated carbocycles. The zero-order valence-electron chi connectivity index (χ0n) is 9.19. The van der Waals surface area contributed by atoms with Crippen molar-refractivity contribution in [3.8, 4) is 0 Å². The van der Waals surface area contributed by atoms with Gasteiger partial charge in [-0.05, 0) is 24.6 Å². The number of ether oxygens (including phenoxy) is 1. The van der Waals surface area contributed by atoms with E-state index in [2.05, 4.69) is 5.32 Å². The molecule has 1 aliphatic rings. The van der Waals surface area contributed by atoms with Gasteiger partial charge in [0.2, 0.25) is 0 Å². The first-order valence-corrected chi connectivity index (χ1v) is 8.44. The highest BCUT2D eigenvalue weighted by molar-refractivity contribution is 7.91. The summed E-state index contributed by atoms with van der Waals surface area (Å²) in [6.45, 7) is 0.770. The number of rotatable bonds is 5. The molecule has 17 heavy (non-hydrogen) atoms. The van der Waals surface area contributed by atoms with Crippen LogP contribution >= 0.6 is 35.4 Å². The Balaban J connectivity index is 2.16. The first-order valence-electron chi connectivity index (χ1n) is 5.24. The Morgan fingerprint density at radius 2 is 2.29 bits per heavy atom. The lowest BCUT2D eigenvalue weighted by atomic mass is 10.1. The second-order valence-electron chi connectivity index (χ2n) is 4.00. The molecule has 0 aromatic carbocycles. The third-order valence-corrected chi connectivity index (χ3v) is 5.33. The van der Waals surface area contributed by atoms with Gasteiger partial charge < -0.3 is 10.1 Å². The Morgan fingerprint density at radius 1 is 1.59 bits per heavy atom. The molecule has 1 aliphatic heterocycles. The molecule has 8 heteroatoms. The van der Waals surface area contributed by atoms with Gasteiger partial charge in [0.1, 0.15) is 6.61 Å². The lowest BCUT2D eigenvalue weighted by Crippen LogP contribution is -2.31. The summed E-state index contributed by atoms with van der Waals surface area (Å²) in [5.41, 5.74) is 0. The van der Waals surface area contributed by atoms with Gasteiger partial charge in [0.15, 0.2) is 9.84 Å². The van der Waals surface area contributed by atoms with Crippen molar-refractivity contribution in [1.82, 2.24) is 5.32 Å². The molecule has 2 atom stereocenters. The van der Waals surface area contributed by atoms with Crippen LogP contribution in [0.15, 0.2) is 0 Å². The molecule has 0 aromatic heterocycles. The summed E-state index contributed by atoms with van der Waals surface area (Å²) in [6, 6.07) is 0. The minimum atomic E-state index is -2.84. The summed E-state index contributed by atoms with van der Waals surface area (Å²) in [5.74, 6) is 0.901. The van der Waals surface area contributed by atoms with E-state index in [0.29, 0.717) is 18.8 Å². The number of hydrogen-bond donors (Lipinski definition) is 1. The standard InChI is InChI=1S/C9H15Cl2NO3S2/c10-3-8(11)5-15-9(16)12-4-7-1-2-17(13,14)6-7/h7-8H,1-6H2,(H,12,16)/t7-,8+/m0/s1. The van der Waals surface area contributed by atoms with Gasteiger partial charge in [-0.25, -0.2) is 8.42 Å². The van der Waals surface area contributed by atoms with E-state index in [1.807, 2.05) is 0 Å². The first-order chi connectivity index (χ1) is 7.93. The van der Waals surface area contributed by atoms with Crippen LogP contribution in [0.1, 0.15) is 6.42 Å². The zero-order chi connectivity index (χ0) is 12.9. The van der Waals surface area contributed by atoms with Crippen molar-refractivity contribution < 1.29 is 13.2 Å². The summed E-state index contributed by atoms with van der Waals surface area (Å²) in [5, 5.41) is 2.85. The quantitative estimate of drug-likeness (QED) is 0.608. The average molecular weight is 320 g/mol. The van der Waals surface area contributed by atoms with Gasteiger partial charge in [-0.15, -0.1) is 23.2 Å². The first kappa shape index (κ1) is 15.3. The number of nitrogens with one attached hydrogen (secondary N) is 1. The number of halogens is 2. The van der Waals surface area contributed by atoms with Gasteiger partial charge in [-0.2, -0.15) is 0 Å². The number of alkyl halides is 2. The summed E-state index contributed by atoms with van der Waals surface area (Å²) in [7, 11) is -2.84. The maximum absolute atomic E-state index is 11.2. The molecule has 0 aromatic rings. The molecule has 1 rings (SSSR count). The highest BCUT2D eigenvalue weighted by Gasteiger charge is 2.27. The van der Waals surface area contributed by atoms with Crippen molar-refractivity contribution in [2.45, 2.75) is 11.8 Å². The Kier molecular flexibility index (Phi) is 6.26. The Hall–Kier alpha value is 0.220. The van der Waals surface area contributed by atoms with E-state index >= 15 is 0 Å². The monoisotopic (exact) mass is 319 g/mol. The highest BCUT2D eigenvalue weighted by Crippen LogP contribution is 2.17. The summed E-state index contributed by atoms with van der Waals surface area (Å²) < 4.78 is 27.6. The van der Waals surface area contributed by atoms with E-state index in [0.717, 1.165) is 0 Å². The van der Waals surface area contributed by atoms with Gasteiger partial charge in [-0.1, -0.05) is 0 Å². The van der Waals surface area contributed by atoms with Gasteiger partial charge >= 0.3 is 0 Å². The SMILES string of the molecule is O=S1(=O)CC[C@@H](CNC(=S)OC[C@H](Cl)CCl)C1. The number of sulfone groups is 1. The summed E-state index contributed by atoms with van der Waals surface area (Å²) >= 11 is 16.2. The molecule has 1 fully saturated rings. The van der Waals surface area contributed by atoms with Crippen molar-refractivity contribution in [3.63, 3.8) is 0 Å². The maximum Gasteiger partial charge on any atom is 0.256 e. The normalized spacial score (nSPS) is 24.2. The second kappa shape index (κ2) is 6.97. The van der Waals surface area contributed by atoms with Crippen molar-refractivity contribution in [3.05, 3.63) is 0 Å². The van der Waals surface area contributed by atoms with Crippen molar-refractivity contribution >= 4 is 50.4 Å². The average Bonchev–Trinajstić information content (AvgIpc) is 2.63. The van der Waals surface area contributed by atoms with Crippen LogP contribution in [0.2, 0.25) is 0 Å². The molecule has 0 unspecified atom stereocenters. The fourth-order valence-electron chi connectivity index (χ4n) is 1.52. The lowest BCUT2D eigenvalue weighted by molar-refractivity contribution is 0.299. The van der Waals surface area contributed by atoms with E-state index in [1.54, 1.807) is 0 Å². The molecule has 100 valence electrons. The van der Waals surface area contributed by atoms with Crippen LogP contribution in [-0.4, -0.2) is 49.5 Å². The van der Waals surface area contributed by atoms with Gasteiger partial charge in [-0.3, -0.25) is 0 Å².